The Hall–Kier alpha value is -2.96. The molecule has 0 amide bonds. The number of hydrogen-bond acceptors (Lipinski definition) is 5. The zero-order valence-corrected chi connectivity index (χ0v) is 18.0. The minimum atomic E-state index is 0.0114. The molecule has 0 saturated heterocycles. The van der Waals surface area contributed by atoms with E-state index in [1.54, 1.807) is 28.7 Å². The standard InChI is InChI=1S/C24H19N3OS2/c1-16-7-2-3-9-18(16)15-29-24-26-21-19-10-4-5-11-20(19)30-22(21)23(28)27(24)14-17-8-6-12-25-13-17/h2-13H,14-15H2,1H3. The molecule has 3 aromatic heterocycles. The van der Waals surface area contributed by atoms with E-state index in [1.165, 1.54) is 22.5 Å². The fourth-order valence-electron chi connectivity index (χ4n) is 3.49. The van der Waals surface area contributed by atoms with Gasteiger partial charge in [-0.05, 0) is 35.7 Å². The molecule has 0 spiro atoms. The number of benzene rings is 2. The summed E-state index contributed by atoms with van der Waals surface area (Å²) in [6, 6.07) is 20.3. The van der Waals surface area contributed by atoms with Gasteiger partial charge in [0.05, 0.1) is 12.1 Å². The van der Waals surface area contributed by atoms with Crippen LogP contribution >= 0.6 is 23.1 Å². The molecule has 3 heterocycles. The van der Waals surface area contributed by atoms with Crippen LogP contribution in [0.5, 0.6) is 0 Å². The Bertz CT molecular complexity index is 1410. The second-order valence-corrected chi connectivity index (χ2v) is 9.13. The largest absolute Gasteiger partial charge is 0.282 e. The van der Waals surface area contributed by atoms with Gasteiger partial charge >= 0.3 is 0 Å². The van der Waals surface area contributed by atoms with Gasteiger partial charge in [0.2, 0.25) is 0 Å². The number of rotatable bonds is 5. The normalized spacial score (nSPS) is 11.4. The monoisotopic (exact) mass is 429 g/mol. The second kappa shape index (κ2) is 8.05. The topological polar surface area (TPSA) is 47.8 Å². The van der Waals surface area contributed by atoms with Crippen molar-refractivity contribution in [2.45, 2.75) is 24.4 Å². The summed E-state index contributed by atoms with van der Waals surface area (Å²) in [4.78, 5) is 22.7. The molecule has 0 saturated carbocycles. The number of aryl methyl sites for hydroxylation is 1. The Morgan fingerprint density at radius 1 is 1.03 bits per heavy atom. The zero-order valence-electron chi connectivity index (χ0n) is 16.4. The minimum absolute atomic E-state index is 0.0114. The lowest BCUT2D eigenvalue weighted by Gasteiger charge is -2.13. The van der Waals surface area contributed by atoms with Crippen LogP contribution in [0.25, 0.3) is 20.3 Å². The lowest BCUT2D eigenvalue weighted by Crippen LogP contribution is -2.23. The van der Waals surface area contributed by atoms with E-state index in [-0.39, 0.29) is 5.56 Å². The molecule has 148 valence electrons. The number of thioether (sulfide) groups is 1. The van der Waals surface area contributed by atoms with Crippen LogP contribution in [-0.4, -0.2) is 14.5 Å². The third kappa shape index (κ3) is 3.53. The number of fused-ring (bicyclic) bond motifs is 3. The molecule has 6 heteroatoms. The third-order valence-corrected chi connectivity index (χ3v) is 7.30. The molecule has 0 N–H and O–H groups in total. The van der Waals surface area contributed by atoms with Crippen LogP contribution in [0.4, 0.5) is 0 Å². The quantitative estimate of drug-likeness (QED) is 0.267. The molecule has 0 unspecified atom stereocenters. The third-order valence-electron chi connectivity index (χ3n) is 5.13. The first-order chi connectivity index (χ1) is 14.7. The minimum Gasteiger partial charge on any atom is -0.282 e. The van der Waals surface area contributed by atoms with Crippen molar-refractivity contribution in [3.63, 3.8) is 0 Å². The first kappa shape index (κ1) is 19.0. The van der Waals surface area contributed by atoms with Crippen molar-refractivity contribution in [2.75, 3.05) is 0 Å². The summed E-state index contributed by atoms with van der Waals surface area (Å²) in [5.74, 6) is 0.764. The summed E-state index contributed by atoms with van der Waals surface area (Å²) in [7, 11) is 0. The summed E-state index contributed by atoms with van der Waals surface area (Å²) in [5.41, 5.74) is 4.29. The Labute approximate surface area is 182 Å². The SMILES string of the molecule is Cc1ccccc1CSc1nc2c(sc3ccccc32)c(=O)n1Cc1cccnc1. The average Bonchev–Trinajstić information content (AvgIpc) is 3.15. The number of nitrogens with zero attached hydrogens (tertiary/aromatic N) is 3. The number of aromatic nitrogens is 3. The number of pyridine rings is 1. The highest BCUT2D eigenvalue weighted by Gasteiger charge is 2.17. The van der Waals surface area contributed by atoms with Crippen molar-refractivity contribution in [2.24, 2.45) is 0 Å². The molecule has 0 radical (unpaired) electrons. The van der Waals surface area contributed by atoms with E-state index < -0.39 is 0 Å². The molecule has 0 aliphatic rings. The summed E-state index contributed by atoms with van der Waals surface area (Å²) in [6.45, 7) is 2.57. The lowest BCUT2D eigenvalue weighted by atomic mass is 10.1. The van der Waals surface area contributed by atoms with Crippen molar-refractivity contribution in [3.05, 3.63) is 100 Å². The smallest absolute Gasteiger partial charge is 0.272 e. The van der Waals surface area contributed by atoms with E-state index in [2.05, 4.69) is 30.1 Å². The average molecular weight is 430 g/mol. The van der Waals surface area contributed by atoms with Crippen molar-refractivity contribution < 1.29 is 0 Å². The number of hydrogen-bond donors (Lipinski definition) is 0. The summed E-state index contributed by atoms with van der Waals surface area (Å²) in [6.07, 6.45) is 3.55. The van der Waals surface area contributed by atoms with E-state index in [1.807, 2.05) is 42.5 Å². The van der Waals surface area contributed by atoms with Crippen molar-refractivity contribution in [3.8, 4) is 0 Å². The highest BCUT2D eigenvalue weighted by atomic mass is 32.2. The fourth-order valence-corrected chi connectivity index (χ4v) is 5.65. The van der Waals surface area contributed by atoms with Gasteiger partial charge in [-0.1, -0.05) is 60.3 Å². The molecule has 0 aliphatic heterocycles. The highest BCUT2D eigenvalue weighted by molar-refractivity contribution is 7.98. The van der Waals surface area contributed by atoms with E-state index in [9.17, 15) is 4.79 Å². The molecule has 2 aromatic carbocycles. The summed E-state index contributed by atoms with van der Waals surface area (Å²) >= 11 is 3.13. The Morgan fingerprint density at radius 2 is 1.87 bits per heavy atom. The Balaban J connectivity index is 1.65. The van der Waals surface area contributed by atoms with Crippen molar-refractivity contribution >= 4 is 43.4 Å². The second-order valence-electron chi connectivity index (χ2n) is 7.14. The van der Waals surface area contributed by atoms with E-state index >= 15 is 0 Å². The number of thiophene rings is 1. The first-order valence-electron chi connectivity index (χ1n) is 9.69. The maximum Gasteiger partial charge on any atom is 0.272 e. The van der Waals surface area contributed by atoms with Crippen LogP contribution in [0.2, 0.25) is 0 Å². The van der Waals surface area contributed by atoms with Gasteiger partial charge in [0.1, 0.15) is 4.70 Å². The van der Waals surface area contributed by atoms with Crippen LogP contribution in [-0.2, 0) is 12.3 Å². The molecule has 4 nitrogen and oxygen atoms in total. The molecule has 30 heavy (non-hydrogen) atoms. The fraction of sp³-hybridized carbons (Fsp3) is 0.125. The van der Waals surface area contributed by atoms with Gasteiger partial charge in [0, 0.05) is 28.2 Å². The van der Waals surface area contributed by atoms with Gasteiger partial charge in [0.15, 0.2) is 5.16 Å². The molecule has 0 atom stereocenters. The van der Waals surface area contributed by atoms with E-state index in [4.69, 9.17) is 4.98 Å². The van der Waals surface area contributed by atoms with Gasteiger partial charge in [-0.15, -0.1) is 11.3 Å². The van der Waals surface area contributed by atoms with Crippen LogP contribution < -0.4 is 5.56 Å². The van der Waals surface area contributed by atoms with Gasteiger partial charge in [-0.25, -0.2) is 4.98 Å². The van der Waals surface area contributed by atoms with Gasteiger partial charge in [-0.3, -0.25) is 14.3 Å². The Morgan fingerprint density at radius 3 is 2.70 bits per heavy atom. The first-order valence-corrected chi connectivity index (χ1v) is 11.5. The van der Waals surface area contributed by atoms with Crippen LogP contribution in [0.3, 0.4) is 0 Å². The molecular formula is C24H19N3OS2. The summed E-state index contributed by atoms with van der Waals surface area (Å²) in [5, 5.41) is 1.78. The van der Waals surface area contributed by atoms with Crippen LogP contribution in [0.15, 0.2) is 83.0 Å². The maximum atomic E-state index is 13.5. The molecule has 0 fully saturated rings. The molecular weight excluding hydrogens is 410 g/mol. The molecule has 0 bridgehead atoms. The zero-order chi connectivity index (χ0) is 20.5. The molecule has 0 aliphatic carbocycles. The van der Waals surface area contributed by atoms with Crippen LogP contribution in [0, 0.1) is 6.92 Å². The van der Waals surface area contributed by atoms with Gasteiger partial charge in [-0.2, -0.15) is 0 Å². The Kier molecular flexibility index (Phi) is 5.11. The van der Waals surface area contributed by atoms with Gasteiger partial charge in [0.25, 0.3) is 5.56 Å². The van der Waals surface area contributed by atoms with Gasteiger partial charge < -0.3 is 0 Å². The van der Waals surface area contributed by atoms with Crippen molar-refractivity contribution in [1.82, 2.24) is 14.5 Å². The predicted molar refractivity (Wildman–Crippen MR) is 125 cm³/mol. The molecule has 5 aromatic rings. The summed E-state index contributed by atoms with van der Waals surface area (Å²) < 4.78 is 3.59. The van der Waals surface area contributed by atoms with Crippen molar-refractivity contribution in [1.29, 1.82) is 0 Å². The predicted octanol–water partition coefficient (Wildman–Crippen LogP) is 5.66. The van der Waals surface area contributed by atoms with E-state index in [0.717, 1.165) is 32.1 Å². The maximum absolute atomic E-state index is 13.5. The lowest BCUT2D eigenvalue weighted by molar-refractivity contribution is 0.658. The highest BCUT2D eigenvalue weighted by Crippen LogP contribution is 2.32. The van der Waals surface area contributed by atoms with Crippen LogP contribution in [0.1, 0.15) is 16.7 Å². The molecule has 5 rings (SSSR count). The van der Waals surface area contributed by atoms with E-state index in [0.29, 0.717) is 11.2 Å².